The van der Waals surface area contributed by atoms with Crippen LogP contribution in [-0.2, 0) is 23.9 Å². The SMILES string of the molecule is COC(=O)c1ccc(NC(=O)COC(=O)c2cccc(N3C(=O)[C@@H]4[C@H](C3=O)[C@H]3C=C(C)[C@H]4C3)c2)cc1. The van der Waals surface area contributed by atoms with Gasteiger partial charge in [0.25, 0.3) is 5.91 Å². The van der Waals surface area contributed by atoms with Crippen molar-refractivity contribution in [3.63, 3.8) is 0 Å². The normalized spacial score (nSPS) is 23.8. The number of nitrogens with zero attached hydrogens (tertiary/aromatic N) is 1. The summed E-state index contributed by atoms with van der Waals surface area (Å²) < 4.78 is 9.75. The number of rotatable bonds is 6. The third-order valence-electron chi connectivity index (χ3n) is 7.14. The van der Waals surface area contributed by atoms with Gasteiger partial charge >= 0.3 is 11.9 Å². The summed E-state index contributed by atoms with van der Waals surface area (Å²) in [5, 5.41) is 2.57. The predicted octanol–water partition coefficient (Wildman–Crippen LogP) is 2.97. The van der Waals surface area contributed by atoms with Crippen LogP contribution in [0.1, 0.15) is 34.1 Å². The lowest BCUT2D eigenvalue weighted by Gasteiger charge is -2.19. The molecule has 36 heavy (non-hydrogen) atoms. The van der Waals surface area contributed by atoms with E-state index in [1.807, 2.05) is 6.92 Å². The molecule has 2 fully saturated rings. The second-order valence-corrected chi connectivity index (χ2v) is 9.22. The molecule has 4 atom stereocenters. The Morgan fingerprint density at radius 2 is 1.69 bits per heavy atom. The van der Waals surface area contributed by atoms with E-state index in [-0.39, 0.29) is 41.0 Å². The number of esters is 2. The van der Waals surface area contributed by atoms with Crippen molar-refractivity contribution in [3.05, 3.63) is 71.3 Å². The number of hydrogen-bond acceptors (Lipinski definition) is 7. The van der Waals surface area contributed by atoms with Crippen molar-refractivity contribution in [2.45, 2.75) is 13.3 Å². The Morgan fingerprint density at radius 1 is 0.972 bits per heavy atom. The highest BCUT2D eigenvalue weighted by Crippen LogP contribution is 2.55. The standard InChI is InChI=1S/C27H24N2O7/c1-14-10-17-12-20(14)23-22(17)24(31)29(25(23)32)19-5-3-4-16(11-19)27(34)36-13-21(30)28-18-8-6-15(7-9-18)26(33)35-2/h3-11,17,20,22-23H,12-13H2,1-2H3,(H,28,30)/t17-,20+,22+,23-/m0/s1. The number of methoxy groups -OCH3 is 1. The van der Waals surface area contributed by atoms with Gasteiger partial charge in [0.15, 0.2) is 6.61 Å². The molecule has 1 saturated carbocycles. The quantitative estimate of drug-likeness (QED) is 0.377. The number of carbonyl (C=O) groups is 5. The lowest BCUT2D eigenvalue weighted by atomic mass is 9.82. The maximum atomic E-state index is 13.2. The molecule has 3 amide bonds. The summed E-state index contributed by atoms with van der Waals surface area (Å²) >= 11 is 0. The average Bonchev–Trinajstić information content (AvgIpc) is 3.52. The summed E-state index contributed by atoms with van der Waals surface area (Å²) in [6.45, 7) is 1.47. The van der Waals surface area contributed by atoms with Crippen LogP contribution in [0.15, 0.2) is 60.2 Å². The van der Waals surface area contributed by atoms with Gasteiger partial charge in [-0.3, -0.25) is 14.4 Å². The van der Waals surface area contributed by atoms with Gasteiger partial charge in [0, 0.05) is 5.69 Å². The molecule has 2 aromatic carbocycles. The molecule has 9 heteroatoms. The van der Waals surface area contributed by atoms with Gasteiger partial charge in [-0.25, -0.2) is 14.5 Å². The average molecular weight is 488 g/mol. The van der Waals surface area contributed by atoms with Crippen molar-refractivity contribution in [2.24, 2.45) is 23.7 Å². The van der Waals surface area contributed by atoms with E-state index >= 15 is 0 Å². The summed E-state index contributed by atoms with van der Waals surface area (Å²) in [6.07, 6.45) is 2.95. The molecule has 9 nitrogen and oxygen atoms in total. The minimum absolute atomic E-state index is 0.0878. The van der Waals surface area contributed by atoms with E-state index in [1.54, 1.807) is 12.1 Å². The fourth-order valence-electron chi connectivity index (χ4n) is 5.52. The Hall–Kier alpha value is -4.27. The van der Waals surface area contributed by atoms with Crippen LogP contribution in [0, 0.1) is 23.7 Å². The lowest BCUT2D eigenvalue weighted by Crippen LogP contribution is -2.33. The number of amides is 3. The number of allylic oxidation sites excluding steroid dienone is 2. The van der Waals surface area contributed by atoms with Crippen LogP contribution in [0.5, 0.6) is 0 Å². The number of anilines is 2. The van der Waals surface area contributed by atoms with Crippen LogP contribution in [0.25, 0.3) is 0 Å². The fourth-order valence-corrected chi connectivity index (χ4v) is 5.52. The molecule has 0 radical (unpaired) electrons. The van der Waals surface area contributed by atoms with Gasteiger partial charge < -0.3 is 14.8 Å². The van der Waals surface area contributed by atoms with Crippen molar-refractivity contribution >= 4 is 41.0 Å². The molecule has 3 aliphatic rings. The topological polar surface area (TPSA) is 119 Å². The van der Waals surface area contributed by atoms with Crippen LogP contribution < -0.4 is 10.2 Å². The Morgan fingerprint density at radius 3 is 2.42 bits per heavy atom. The molecular weight excluding hydrogens is 464 g/mol. The molecule has 2 bridgehead atoms. The van der Waals surface area contributed by atoms with E-state index in [2.05, 4.69) is 16.1 Å². The van der Waals surface area contributed by atoms with Crippen LogP contribution in [0.2, 0.25) is 0 Å². The Balaban J connectivity index is 1.21. The van der Waals surface area contributed by atoms with Crippen molar-refractivity contribution < 1.29 is 33.4 Å². The maximum Gasteiger partial charge on any atom is 0.338 e. The molecular formula is C27H24N2O7. The summed E-state index contributed by atoms with van der Waals surface area (Å²) in [5.41, 5.74) is 2.36. The van der Waals surface area contributed by atoms with Gasteiger partial charge in [-0.15, -0.1) is 0 Å². The third-order valence-corrected chi connectivity index (χ3v) is 7.14. The van der Waals surface area contributed by atoms with Crippen molar-refractivity contribution in [1.82, 2.24) is 0 Å². The number of fused-ring (bicyclic) bond motifs is 5. The first-order valence-electron chi connectivity index (χ1n) is 11.6. The molecule has 184 valence electrons. The summed E-state index contributed by atoms with van der Waals surface area (Å²) in [6, 6.07) is 12.2. The summed E-state index contributed by atoms with van der Waals surface area (Å²) in [4.78, 5) is 63.7. The monoisotopic (exact) mass is 488 g/mol. The van der Waals surface area contributed by atoms with Crippen molar-refractivity contribution in [2.75, 3.05) is 23.9 Å². The Bertz CT molecular complexity index is 1310. The van der Waals surface area contributed by atoms with E-state index in [0.29, 0.717) is 16.9 Å². The maximum absolute atomic E-state index is 13.2. The highest BCUT2D eigenvalue weighted by atomic mass is 16.5. The van der Waals surface area contributed by atoms with Crippen molar-refractivity contribution in [1.29, 1.82) is 0 Å². The van der Waals surface area contributed by atoms with E-state index in [9.17, 15) is 24.0 Å². The van der Waals surface area contributed by atoms with Gasteiger partial charge in [-0.05, 0) is 67.6 Å². The second kappa shape index (κ2) is 9.07. The lowest BCUT2D eigenvalue weighted by molar-refractivity contribution is -0.123. The minimum atomic E-state index is -0.759. The van der Waals surface area contributed by atoms with Crippen LogP contribution in [0.3, 0.4) is 0 Å². The van der Waals surface area contributed by atoms with E-state index < -0.39 is 24.5 Å². The zero-order valence-corrected chi connectivity index (χ0v) is 19.7. The molecule has 0 unspecified atom stereocenters. The van der Waals surface area contributed by atoms with Crippen molar-refractivity contribution in [3.8, 4) is 0 Å². The molecule has 0 aromatic heterocycles. The van der Waals surface area contributed by atoms with Crippen LogP contribution >= 0.6 is 0 Å². The zero-order valence-electron chi connectivity index (χ0n) is 19.7. The zero-order chi connectivity index (χ0) is 25.6. The highest BCUT2D eigenvalue weighted by molar-refractivity contribution is 6.23. The molecule has 2 aromatic rings. The van der Waals surface area contributed by atoms with Gasteiger partial charge in [0.1, 0.15) is 0 Å². The molecule has 1 saturated heterocycles. The number of hydrogen-bond donors (Lipinski definition) is 1. The number of benzene rings is 2. The summed E-state index contributed by atoms with van der Waals surface area (Å²) in [5.74, 6) is -2.78. The first kappa shape index (κ1) is 23.5. The largest absolute Gasteiger partial charge is 0.465 e. The van der Waals surface area contributed by atoms with Crippen LogP contribution in [0.4, 0.5) is 11.4 Å². The first-order chi connectivity index (χ1) is 17.3. The smallest absolute Gasteiger partial charge is 0.338 e. The van der Waals surface area contributed by atoms with Gasteiger partial charge in [0.05, 0.1) is 35.8 Å². The molecule has 5 rings (SSSR count). The van der Waals surface area contributed by atoms with E-state index in [0.717, 1.165) is 6.42 Å². The van der Waals surface area contributed by atoms with Gasteiger partial charge in [0.2, 0.25) is 11.8 Å². The summed E-state index contributed by atoms with van der Waals surface area (Å²) in [7, 11) is 1.27. The van der Waals surface area contributed by atoms with E-state index in [1.165, 1.54) is 54.0 Å². The molecule has 1 N–H and O–H groups in total. The molecule has 1 heterocycles. The Labute approximate surface area is 207 Å². The molecule has 0 spiro atoms. The second-order valence-electron chi connectivity index (χ2n) is 9.22. The van der Waals surface area contributed by atoms with Crippen LogP contribution in [-0.4, -0.2) is 43.4 Å². The van der Waals surface area contributed by atoms with Gasteiger partial charge in [-0.2, -0.15) is 0 Å². The van der Waals surface area contributed by atoms with E-state index in [4.69, 9.17) is 4.74 Å². The number of nitrogens with one attached hydrogen (secondary N) is 1. The third kappa shape index (κ3) is 3.96. The number of carbonyl (C=O) groups excluding carboxylic acids is 5. The Kier molecular flexibility index (Phi) is 5.91. The first-order valence-corrected chi connectivity index (χ1v) is 11.6. The minimum Gasteiger partial charge on any atom is -0.465 e. The predicted molar refractivity (Wildman–Crippen MR) is 128 cm³/mol. The van der Waals surface area contributed by atoms with Gasteiger partial charge in [-0.1, -0.05) is 17.7 Å². The highest BCUT2D eigenvalue weighted by Gasteiger charge is 2.60. The fraction of sp³-hybridized carbons (Fsp3) is 0.296. The number of ether oxygens (including phenoxy) is 2. The number of imide groups is 1. The molecule has 2 aliphatic carbocycles. The molecule has 1 aliphatic heterocycles.